The monoisotopic (exact) mass is 416 g/mol. The molecule has 0 atom stereocenters. The molecular formula is C16H18ClIN2O. The smallest absolute Gasteiger partial charge is 0.159 e. The van der Waals surface area contributed by atoms with Crippen LogP contribution in [0.25, 0.3) is 10.9 Å². The molecule has 0 saturated carbocycles. The molecule has 5 heteroatoms. The van der Waals surface area contributed by atoms with E-state index >= 15 is 0 Å². The van der Waals surface area contributed by atoms with Gasteiger partial charge < -0.3 is 10.1 Å². The van der Waals surface area contributed by atoms with Crippen LogP contribution in [0, 0.1) is 3.57 Å². The number of nitrogens with one attached hydrogen (secondary N) is 1. The summed E-state index contributed by atoms with van der Waals surface area (Å²) in [6, 6.07) is 5.73. The molecule has 0 aliphatic heterocycles. The number of hydrogen-bond acceptors (Lipinski definition) is 3. The Morgan fingerprint density at radius 1 is 1.52 bits per heavy atom. The molecule has 2 rings (SSSR count). The van der Waals surface area contributed by atoms with Crippen LogP contribution in [-0.4, -0.2) is 24.7 Å². The van der Waals surface area contributed by atoms with E-state index in [9.17, 15) is 0 Å². The zero-order valence-corrected chi connectivity index (χ0v) is 14.9. The van der Waals surface area contributed by atoms with Gasteiger partial charge in [-0.3, -0.25) is 4.98 Å². The van der Waals surface area contributed by atoms with Gasteiger partial charge in [-0.2, -0.15) is 0 Å². The third-order valence-corrected chi connectivity index (χ3v) is 4.09. The number of hydrogen-bond donors (Lipinski definition) is 1. The molecule has 3 nitrogen and oxygen atoms in total. The van der Waals surface area contributed by atoms with E-state index in [2.05, 4.69) is 46.4 Å². The highest BCUT2D eigenvalue weighted by Crippen LogP contribution is 2.34. The van der Waals surface area contributed by atoms with E-state index < -0.39 is 0 Å². The Hall–Kier alpha value is -0.850. The largest absolute Gasteiger partial charge is 0.486 e. The summed E-state index contributed by atoms with van der Waals surface area (Å²) in [5.74, 6) is 0.771. The van der Waals surface area contributed by atoms with Gasteiger partial charge in [0, 0.05) is 18.1 Å². The molecule has 2 aromatic rings. The van der Waals surface area contributed by atoms with Crippen LogP contribution >= 0.6 is 34.2 Å². The average molecular weight is 417 g/mol. The Bertz CT molecular complexity index is 645. The Kier molecular flexibility index (Phi) is 6.26. The van der Waals surface area contributed by atoms with Crippen molar-refractivity contribution in [2.75, 3.05) is 19.7 Å². The number of aromatic nitrogens is 1. The molecule has 0 amide bonds. The van der Waals surface area contributed by atoms with Crippen molar-refractivity contribution in [1.29, 1.82) is 0 Å². The summed E-state index contributed by atoms with van der Waals surface area (Å²) in [6.07, 6.45) is 2.86. The summed E-state index contributed by atoms with van der Waals surface area (Å²) < 4.78 is 6.89. The molecule has 112 valence electrons. The lowest BCUT2D eigenvalue weighted by Crippen LogP contribution is -2.20. The van der Waals surface area contributed by atoms with Gasteiger partial charge in [0.1, 0.15) is 12.1 Å². The molecule has 21 heavy (non-hydrogen) atoms. The van der Waals surface area contributed by atoms with Gasteiger partial charge >= 0.3 is 0 Å². The molecule has 0 saturated heterocycles. The fourth-order valence-corrected chi connectivity index (χ4v) is 3.12. The fourth-order valence-electron chi connectivity index (χ4n) is 1.95. The first-order valence-electron chi connectivity index (χ1n) is 6.86. The van der Waals surface area contributed by atoms with E-state index in [1.165, 1.54) is 0 Å². The first kappa shape index (κ1) is 16.5. The molecule has 0 bridgehead atoms. The van der Waals surface area contributed by atoms with Crippen LogP contribution in [0.3, 0.4) is 0 Å². The van der Waals surface area contributed by atoms with Crippen LogP contribution in [0.15, 0.2) is 36.5 Å². The van der Waals surface area contributed by atoms with Crippen LogP contribution in [-0.2, 0) is 0 Å². The topological polar surface area (TPSA) is 34.1 Å². The quantitative estimate of drug-likeness (QED) is 0.412. The van der Waals surface area contributed by atoms with Gasteiger partial charge in [0.15, 0.2) is 5.75 Å². The van der Waals surface area contributed by atoms with E-state index in [0.29, 0.717) is 11.6 Å². The number of rotatable bonds is 7. The highest BCUT2D eigenvalue weighted by atomic mass is 127. The second-order valence-electron chi connectivity index (χ2n) is 4.78. The normalized spacial score (nSPS) is 10.8. The van der Waals surface area contributed by atoms with Crippen molar-refractivity contribution in [2.45, 2.75) is 13.3 Å². The molecule has 0 spiro atoms. The third-order valence-electron chi connectivity index (χ3n) is 2.97. The molecule has 1 aromatic carbocycles. The Morgan fingerprint density at radius 2 is 2.33 bits per heavy atom. The van der Waals surface area contributed by atoms with Crippen molar-refractivity contribution in [2.24, 2.45) is 0 Å². The number of benzene rings is 1. The summed E-state index contributed by atoms with van der Waals surface area (Å²) in [4.78, 5) is 4.40. The molecule has 1 aromatic heterocycles. The summed E-state index contributed by atoms with van der Waals surface area (Å²) in [6.45, 7) is 8.40. The van der Waals surface area contributed by atoms with Gasteiger partial charge in [-0.15, -0.1) is 0 Å². The summed E-state index contributed by atoms with van der Waals surface area (Å²) in [5.41, 5.74) is 1.81. The lowest BCUT2D eigenvalue weighted by atomic mass is 10.2. The fraction of sp³-hybridized carbons (Fsp3) is 0.312. The maximum Gasteiger partial charge on any atom is 0.159 e. The van der Waals surface area contributed by atoms with Crippen LogP contribution in [0.5, 0.6) is 5.75 Å². The van der Waals surface area contributed by atoms with Gasteiger partial charge in [0.2, 0.25) is 0 Å². The van der Waals surface area contributed by atoms with Crippen molar-refractivity contribution in [3.63, 3.8) is 0 Å². The van der Waals surface area contributed by atoms with E-state index in [0.717, 1.165) is 45.3 Å². The number of pyridine rings is 1. The molecule has 0 aliphatic rings. The van der Waals surface area contributed by atoms with Gasteiger partial charge in [-0.05, 0) is 59.3 Å². The van der Waals surface area contributed by atoms with Gasteiger partial charge in [0.25, 0.3) is 0 Å². The number of fused-ring (bicyclic) bond motifs is 1. The van der Waals surface area contributed by atoms with Crippen molar-refractivity contribution in [1.82, 2.24) is 10.3 Å². The van der Waals surface area contributed by atoms with Gasteiger partial charge in [-0.25, -0.2) is 0 Å². The number of nitrogens with zero attached hydrogens (tertiary/aromatic N) is 1. The van der Waals surface area contributed by atoms with Crippen LogP contribution in [0.1, 0.15) is 13.3 Å². The van der Waals surface area contributed by atoms with Crippen LogP contribution < -0.4 is 10.1 Å². The highest BCUT2D eigenvalue weighted by Gasteiger charge is 2.12. The van der Waals surface area contributed by atoms with Crippen molar-refractivity contribution < 1.29 is 4.74 Å². The molecular weight excluding hydrogens is 399 g/mol. The lowest BCUT2D eigenvalue weighted by Gasteiger charge is -2.13. The average Bonchev–Trinajstić information content (AvgIpc) is 2.47. The number of halogens is 2. The second kappa shape index (κ2) is 7.96. The van der Waals surface area contributed by atoms with Crippen molar-refractivity contribution >= 4 is 45.1 Å². The Balaban J connectivity index is 2.13. The maximum absolute atomic E-state index is 6.25. The molecule has 0 unspecified atom stereocenters. The minimum atomic E-state index is 0.472. The molecule has 1 N–H and O–H groups in total. The molecule has 0 radical (unpaired) electrons. The standard InChI is InChI=1S/C16H18ClIN2O/c1-3-6-19-9-11(2)10-21-16-14(18)8-13(17)12-5-4-7-20-15(12)16/h4-5,7-8,19H,2-3,6,9-10H2,1H3. The molecule has 0 aliphatic carbocycles. The number of ether oxygens (including phenoxy) is 1. The Labute approximate surface area is 143 Å². The first-order valence-corrected chi connectivity index (χ1v) is 8.32. The van der Waals surface area contributed by atoms with Gasteiger partial charge in [0.05, 0.1) is 8.59 Å². The summed E-state index contributed by atoms with van der Waals surface area (Å²) in [5, 5.41) is 4.91. The van der Waals surface area contributed by atoms with E-state index in [4.69, 9.17) is 16.3 Å². The Morgan fingerprint density at radius 3 is 3.10 bits per heavy atom. The van der Waals surface area contributed by atoms with Crippen molar-refractivity contribution in [3.05, 3.63) is 45.1 Å². The van der Waals surface area contributed by atoms with E-state index in [1.54, 1.807) is 6.20 Å². The lowest BCUT2D eigenvalue weighted by molar-refractivity contribution is 0.349. The minimum Gasteiger partial charge on any atom is -0.486 e. The zero-order chi connectivity index (χ0) is 15.2. The second-order valence-corrected chi connectivity index (χ2v) is 6.35. The van der Waals surface area contributed by atoms with Gasteiger partial charge in [-0.1, -0.05) is 25.1 Å². The van der Waals surface area contributed by atoms with E-state index in [-0.39, 0.29) is 0 Å². The van der Waals surface area contributed by atoms with Crippen LogP contribution in [0.2, 0.25) is 5.02 Å². The predicted octanol–water partition coefficient (Wildman–Crippen LogP) is 4.43. The first-order chi connectivity index (χ1) is 10.1. The molecule has 0 fully saturated rings. The summed E-state index contributed by atoms with van der Waals surface area (Å²) >= 11 is 8.47. The third kappa shape index (κ3) is 4.31. The predicted molar refractivity (Wildman–Crippen MR) is 97.3 cm³/mol. The highest BCUT2D eigenvalue weighted by molar-refractivity contribution is 14.1. The van der Waals surface area contributed by atoms with Crippen molar-refractivity contribution in [3.8, 4) is 5.75 Å². The maximum atomic E-state index is 6.25. The van der Waals surface area contributed by atoms with E-state index in [1.807, 2.05) is 18.2 Å². The minimum absolute atomic E-state index is 0.472. The zero-order valence-electron chi connectivity index (χ0n) is 12.0. The molecule has 1 heterocycles. The van der Waals surface area contributed by atoms with Crippen LogP contribution in [0.4, 0.5) is 0 Å². The summed E-state index contributed by atoms with van der Waals surface area (Å²) in [7, 11) is 0. The SMILES string of the molecule is C=C(CNCCC)COc1c(I)cc(Cl)c2cccnc12.